The topological polar surface area (TPSA) is 91.0 Å². The third-order valence-electron chi connectivity index (χ3n) is 7.34. The molecule has 180 valence electrons. The molecule has 0 aromatic heterocycles. The van der Waals surface area contributed by atoms with Crippen molar-refractivity contribution in [2.75, 3.05) is 33.3 Å². The van der Waals surface area contributed by atoms with Crippen LogP contribution in [0, 0.1) is 5.92 Å². The highest BCUT2D eigenvalue weighted by Gasteiger charge is 2.38. The van der Waals surface area contributed by atoms with E-state index in [2.05, 4.69) is 15.5 Å². The first-order valence-corrected chi connectivity index (χ1v) is 12.3. The van der Waals surface area contributed by atoms with Gasteiger partial charge in [0.05, 0.1) is 7.11 Å². The van der Waals surface area contributed by atoms with Crippen molar-refractivity contribution in [3.8, 4) is 5.75 Å². The number of amides is 4. The second-order valence-corrected chi connectivity index (χ2v) is 9.43. The Kier molecular flexibility index (Phi) is 7.85. The molecule has 3 unspecified atom stereocenters. The molecular formula is C25H36N4O4. The number of methoxy groups -OCH3 is 1. The van der Waals surface area contributed by atoms with Crippen LogP contribution in [-0.2, 0) is 16.0 Å². The van der Waals surface area contributed by atoms with Crippen LogP contribution in [0.15, 0.2) is 24.3 Å². The number of hydrogen-bond donors (Lipinski definition) is 2. The molecule has 3 fully saturated rings. The number of hydrogen-bond acceptors (Lipinski definition) is 5. The number of imide groups is 1. The molecule has 4 amide bonds. The van der Waals surface area contributed by atoms with Crippen LogP contribution in [0.2, 0.25) is 0 Å². The Morgan fingerprint density at radius 2 is 1.91 bits per heavy atom. The number of benzene rings is 1. The van der Waals surface area contributed by atoms with Crippen LogP contribution in [0.5, 0.6) is 5.75 Å². The highest BCUT2D eigenvalue weighted by atomic mass is 16.5. The number of nitrogens with zero attached hydrogens (tertiary/aromatic N) is 2. The molecule has 0 bridgehead atoms. The number of rotatable bonds is 9. The molecule has 33 heavy (non-hydrogen) atoms. The fourth-order valence-electron chi connectivity index (χ4n) is 5.44. The fourth-order valence-corrected chi connectivity index (χ4v) is 5.44. The lowest BCUT2D eigenvalue weighted by atomic mass is 9.83. The zero-order valence-corrected chi connectivity index (χ0v) is 19.6. The average molecular weight is 457 g/mol. The summed E-state index contributed by atoms with van der Waals surface area (Å²) in [6.07, 6.45) is 7.32. The monoisotopic (exact) mass is 456 g/mol. The lowest BCUT2D eigenvalue weighted by molar-refractivity contribution is -0.127. The minimum atomic E-state index is -0.623. The molecule has 0 saturated carbocycles. The smallest absolute Gasteiger partial charge is 0.324 e. The van der Waals surface area contributed by atoms with Gasteiger partial charge in [-0.15, -0.1) is 0 Å². The standard InChI is InChI=1S/C25H36N4O4/c1-33-20-9-7-18(8-10-20)13-16-29-24(31)21(27-25(29)32)11-12-23(30)26-17-19-5-4-15-28-14-3-2-6-22(19)28/h7-10,19,21-22H,2-6,11-17H2,1H3,(H,26,30)(H,27,32). The zero-order valence-electron chi connectivity index (χ0n) is 19.6. The van der Waals surface area contributed by atoms with Crippen LogP contribution >= 0.6 is 0 Å². The lowest BCUT2D eigenvalue weighted by Gasteiger charge is -2.44. The van der Waals surface area contributed by atoms with Crippen molar-refractivity contribution in [1.82, 2.24) is 20.4 Å². The molecule has 4 rings (SSSR count). The maximum Gasteiger partial charge on any atom is 0.324 e. The van der Waals surface area contributed by atoms with E-state index in [0.29, 0.717) is 37.9 Å². The molecule has 1 aromatic carbocycles. The summed E-state index contributed by atoms with van der Waals surface area (Å²) in [5, 5.41) is 5.83. The highest BCUT2D eigenvalue weighted by Crippen LogP contribution is 2.30. The minimum Gasteiger partial charge on any atom is -0.497 e. The molecule has 0 aliphatic carbocycles. The van der Waals surface area contributed by atoms with Crippen molar-refractivity contribution in [1.29, 1.82) is 0 Å². The summed E-state index contributed by atoms with van der Waals surface area (Å²) in [5.41, 5.74) is 1.03. The molecular weight excluding hydrogens is 420 g/mol. The van der Waals surface area contributed by atoms with Gasteiger partial charge in [0.25, 0.3) is 5.91 Å². The highest BCUT2D eigenvalue weighted by molar-refractivity contribution is 6.04. The third-order valence-corrected chi connectivity index (χ3v) is 7.34. The van der Waals surface area contributed by atoms with Crippen LogP contribution in [0.1, 0.15) is 50.5 Å². The van der Waals surface area contributed by atoms with Gasteiger partial charge in [0.2, 0.25) is 5.91 Å². The molecule has 0 spiro atoms. The summed E-state index contributed by atoms with van der Waals surface area (Å²) in [6, 6.07) is 7.18. The Bertz CT molecular complexity index is 841. The van der Waals surface area contributed by atoms with E-state index in [1.807, 2.05) is 24.3 Å². The first-order valence-electron chi connectivity index (χ1n) is 12.3. The van der Waals surface area contributed by atoms with Gasteiger partial charge in [-0.1, -0.05) is 18.6 Å². The molecule has 1 aromatic rings. The number of carbonyl (C=O) groups is 3. The molecule has 2 N–H and O–H groups in total. The van der Waals surface area contributed by atoms with E-state index in [0.717, 1.165) is 11.3 Å². The summed E-state index contributed by atoms with van der Waals surface area (Å²) in [6.45, 7) is 3.40. The molecule has 8 heteroatoms. The van der Waals surface area contributed by atoms with E-state index in [4.69, 9.17) is 4.74 Å². The summed E-state index contributed by atoms with van der Waals surface area (Å²) in [5.74, 6) is 1.00. The van der Waals surface area contributed by atoms with Gasteiger partial charge in [-0.05, 0) is 75.2 Å². The Balaban J connectivity index is 1.19. The fraction of sp³-hybridized carbons (Fsp3) is 0.640. The van der Waals surface area contributed by atoms with E-state index in [1.54, 1.807) is 7.11 Å². The van der Waals surface area contributed by atoms with Crippen molar-refractivity contribution in [2.24, 2.45) is 5.92 Å². The quantitative estimate of drug-likeness (QED) is 0.557. The van der Waals surface area contributed by atoms with Crippen molar-refractivity contribution in [3.05, 3.63) is 29.8 Å². The Hall–Kier alpha value is -2.61. The molecule has 3 aliphatic heterocycles. The number of ether oxygens (including phenoxy) is 1. The minimum absolute atomic E-state index is 0.0401. The molecule has 3 saturated heterocycles. The first-order chi connectivity index (χ1) is 16.0. The van der Waals surface area contributed by atoms with Gasteiger partial charge in [-0.3, -0.25) is 14.5 Å². The summed E-state index contributed by atoms with van der Waals surface area (Å²) in [4.78, 5) is 41.3. The van der Waals surface area contributed by atoms with E-state index in [9.17, 15) is 14.4 Å². The van der Waals surface area contributed by atoms with Crippen molar-refractivity contribution >= 4 is 17.8 Å². The summed E-state index contributed by atoms with van der Waals surface area (Å²) >= 11 is 0. The second-order valence-electron chi connectivity index (χ2n) is 9.43. The van der Waals surface area contributed by atoms with E-state index in [-0.39, 0.29) is 24.3 Å². The number of nitrogens with one attached hydrogen (secondary N) is 2. The van der Waals surface area contributed by atoms with E-state index < -0.39 is 6.04 Å². The summed E-state index contributed by atoms with van der Waals surface area (Å²) < 4.78 is 5.15. The van der Waals surface area contributed by atoms with E-state index in [1.165, 1.54) is 50.1 Å². The third kappa shape index (κ3) is 5.85. The zero-order chi connectivity index (χ0) is 23.2. The van der Waals surface area contributed by atoms with Gasteiger partial charge in [0.15, 0.2) is 0 Å². The van der Waals surface area contributed by atoms with E-state index >= 15 is 0 Å². The summed E-state index contributed by atoms with van der Waals surface area (Å²) in [7, 11) is 1.61. The number of piperidine rings is 2. The number of carbonyl (C=O) groups excluding carboxylic acids is 3. The maximum atomic E-state index is 12.7. The van der Waals surface area contributed by atoms with Crippen molar-refractivity contribution < 1.29 is 19.1 Å². The lowest BCUT2D eigenvalue weighted by Crippen LogP contribution is -2.51. The van der Waals surface area contributed by atoms with Crippen LogP contribution in [0.25, 0.3) is 0 Å². The Morgan fingerprint density at radius 3 is 2.70 bits per heavy atom. The molecule has 8 nitrogen and oxygen atoms in total. The van der Waals surface area contributed by atoms with Crippen LogP contribution in [0.4, 0.5) is 4.79 Å². The second kappa shape index (κ2) is 11.0. The van der Waals surface area contributed by atoms with Gasteiger partial charge >= 0.3 is 6.03 Å². The van der Waals surface area contributed by atoms with Gasteiger partial charge in [0, 0.05) is 25.6 Å². The number of fused-ring (bicyclic) bond motifs is 1. The normalized spacial score (nSPS) is 25.5. The van der Waals surface area contributed by atoms with Gasteiger partial charge in [-0.25, -0.2) is 4.79 Å². The van der Waals surface area contributed by atoms with Crippen molar-refractivity contribution in [2.45, 2.75) is 63.5 Å². The van der Waals surface area contributed by atoms with Gasteiger partial charge in [0.1, 0.15) is 11.8 Å². The first kappa shape index (κ1) is 23.5. The Morgan fingerprint density at radius 1 is 1.12 bits per heavy atom. The molecule has 3 atom stereocenters. The van der Waals surface area contributed by atoms with Gasteiger partial charge in [-0.2, -0.15) is 0 Å². The van der Waals surface area contributed by atoms with Crippen LogP contribution in [-0.4, -0.2) is 73.0 Å². The SMILES string of the molecule is COc1ccc(CCN2C(=O)NC(CCC(=O)NCC3CCCN4CCCCC34)C2=O)cc1. The van der Waals surface area contributed by atoms with Crippen molar-refractivity contribution in [3.63, 3.8) is 0 Å². The molecule has 3 aliphatic rings. The van der Waals surface area contributed by atoms with Gasteiger partial charge < -0.3 is 20.3 Å². The average Bonchev–Trinajstić information content (AvgIpc) is 3.12. The number of urea groups is 1. The largest absolute Gasteiger partial charge is 0.497 e. The van der Waals surface area contributed by atoms with Crippen LogP contribution in [0.3, 0.4) is 0 Å². The molecule has 0 radical (unpaired) electrons. The predicted octanol–water partition coefficient (Wildman–Crippen LogP) is 2.32. The van der Waals surface area contributed by atoms with Crippen LogP contribution < -0.4 is 15.4 Å². The Labute approximate surface area is 196 Å². The predicted molar refractivity (Wildman–Crippen MR) is 125 cm³/mol. The molecule has 3 heterocycles. The maximum absolute atomic E-state index is 12.7.